The number of nitrogens with zero attached hydrogens (tertiary/aromatic N) is 4. The molecule has 2 bridgehead atoms. The number of nitrogens with one attached hydrogen (secondary N) is 2. The minimum Gasteiger partial charge on any atom is -0.394 e. The normalized spacial score (nSPS) is 31.7. The van der Waals surface area contributed by atoms with E-state index in [4.69, 9.17) is 0 Å². The van der Waals surface area contributed by atoms with Crippen LogP contribution in [0.3, 0.4) is 0 Å². The Kier molecular flexibility index (Phi) is 5.12. The first-order valence-corrected chi connectivity index (χ1v) is 11.7. The van der Waals surface area contributed by atoms with Crippen molar-refractivity contribution in [2.24, 2.45) is 11.8 Å². The van der Waals surface area contributed by atoms with Crippen molar-refractivity contribution in [1.82, 2.24) is 30.5 Å². The van der Waals surface area contributed by atoms with Crippen molar-refractivity contribution < 1.29 is 19.5 Å². The van der Waals surface area contributed by atoms with Gasteiger partial charge in [0, 0.05) is 12.3 Å². The van der Waals surface area contributed by atoms with Crippen LogP contribution in [0.4, 0.5) is 0 Å². The third kappa shape index (κ3) is 2.87. The lowest BCUT2D eigenvalue weighted by Crippen LogP contribution is -2.56. The van der Waals surface area contributed by atoms with Crippen LogP contribution in [0.25, 0.3) is 11.0 Å². The standard InChI is InChI=1S/C21H26N6O4S/c1-11(9-28)27-17(19(30)23-10-26-13-6-4-3-5-12(13)24-25-26)21-8-7-14(32-21)15(18(29)22-2)16(21)20(27)31/h3-6,11,14-17,28H,7-10H2,1-2H3,(H,22,29)(H,23,30)/t11-,14+,15-,16+,17?,21?/m1/s1. The number of hydrogen-bond acceptors (Lipinski definition) is 7. The Balaban J connectivity index is 1.46. The molecule has 3 saturated heterocycles. The van der Waals surface area contributed by atoms with E-state index in [1.165, 1.54) is 4.90 Å². The molecule has 10 nitrogen and oxygen atoms in total. The maximum Gasteiger partial charge on any atom is 0.245 e. The quantitative estimate of drug-likeness (QED) is 0.543. The molecule has 1 aromatic carbocycles. The average molecular weight is 459 g/mol. The molecule has 4 heterocycles. The number of para-hydroxylation sites is 1. The molecule has 170 valence electrons. The van der Waals surface area contributed by atoms with Gasteiger partial charge in [-0.05, 0) is 31.9 Å². The van der Waals surface area contributed by atoms with Crippen molar-refractivity contribution in [3.05, 3.63) is 24.3 Å². The van der Waals surface area contributed by atoms with Crippen molar-refractivity contribution in [1.29, 1.82) is 0 Å². The summed E-state index contributed by atoms with van der Waals surface area (Å²) in [5.41, 5.74) is 1.52. The van der Waals surface area contributed by atoms with Crippen LogP contribution >= 0.6 is 11.8 Å². The zero-order chi connectivity index (χ0) is 22.6. The number of rotatable bonds is 6. The number of aliphatic hydroxyl groups excluding tert-OH is 1. The largest absolute Gasteiger partial charge is 0.394 e. The maximum absolute atomic E-state index is 13.6. The van der Waals surface area contributed by atoms with E-state index in [1.54, 1.807) is 30.4 Å². The van der Waals surface area contributed by atoms with Crippen LogP contribution in [0.15, 0.2) is 24.3 Å². The smallest absolute Gasteiger partial charge is 0.245 e. The molecule has 3 amide bonds. The van der Waals surface area contributed by atoms with Crippen LogP contribution in [0.2, 0.25) is 0 Å². The highest BCUT2D eigenvalue weighted by atomic mass is 32.2. The van der Waals surface area contributed by atoms with E-state index < -0.39 is 28.7 Å². The highest BCUT2D eigenvalue weighted by molar-refractivity contribution is 8.02. The Morgan fingerprint density at radius 1 is 1.34 bits per heavy atom. The van der Waals surface area contributed by atoms with Gasteiger partial charge >= 0.3 is 0 Å². The Hall–Kier alpha value is -2.66. The minimum atomic E-state index is -0.762. The summed E-state index contributed by atoms with van der Waals surface area (Å²) in [6, 6.07) is 6.17. The van der Waals surface area contributed by atoms with E-state index in [2.05, 4.69) is 20.9 Å². The van der Waals surface area contributed by atoms with Gasteiger partial charge in [-0.3, -0.25) is 14.4 Å². The summed E-state index contributed by atoms with van der Waals surface area (Å²) >= 11 is 1.60. The summed E-state index contributed by atoms with van der Waals surface area (Å²) < 4.78 is 0.933. The number of likely N-dealkylation sites (tertiary alicyclic amines) is 1. The fourth-order valence-electron chi connectivity index (χ4n) is 5.70. The lowest BCUT2D eigenvalue weighted by Gasteiger charge is -2.35. The van der Waals surface area contributed by atoms with Crippen molar-refractivity contribution in [2.75, 3.05) is 13.7 Å². The Labute approximate surface area is 189 Å². The Morgan fingerprint density at radius 3 is 2.88 bits per heavy atom. The molecule has 2 unspecified atom stereocenters. The second-order valence-electron chi connectivity index (χ2n) is 8.72. The van der Waals surface area contributed by atoms with Crippen LogP contribution in [0.5, 0.6) is 0 Å². The third-order valence-corrected chi connectivity index (χ3v) is 9.05. The van der Waals surface area contributed by atoms with E-state index >= 15 is 0 Å². The monoisotopic (exact) mass is 458 g/mol. The molecular weight excluding hydrogens is 432 g/mol. The van der Waals surface area contributed by atoms with E-state index in [-0.39, 0.29) is 36.2 Å². The molecule has 5 rings (SSSR count). The first-order valence-electron chi connectivity index (χ1n) is 10.8. The number of benzene rings is 1. The summed E-state index contributed by atoms with van der Waals surface area (Å²) in [6.45, 7) is 1.58. The number of thioether (sulfide) groups is 1. The van der Waals surface area contributed by atoms with Gasteiger partial charge in [-0.25, -0.2) is 4.68 Å². The SMILES string of the molecule is CNC(=O)[C@@H]1[C@@H]2CCC3(S2)C(C(=O)NCn2nnc4ccccc42)N([C@H](C)CO)C(=O)[C@H]13. The maximum atomic E-state index is 13.6. The van der Waals surface area contributed by atoms with Gasteiger partial charge in [-0.2, -0.15) is 0 Å². The van der Waals surface area contributed by atoms with Crippen LogP contribution in [-0.2, 0) is 21.1 Å². The zero-order valence-corrected chi connectivity index (χ0v) is 18.7. The summed E-state index contributed by atoms with van der Waals surface area (Å²) in [6.07, 6.45) is 1.47. The van der Waals surface area contributed by atoms with Crippen molar-refractivity contribution >= 4 is 40.5 Å². The highest BCUT2D eigenvalue weighted by Crippen LogP contribution is 2.66. The molecule has 3 fully saturated rings. The zero-order valence-electron chi connectivity index (χ0n) is 17.9. The Bertz CT molecular complexity index is 1090. The van der Waals surface area contributed by atoms with Crippen LogP contribution in [-0.4, -0.2) is 78.5 Å². The molecule has 2 aromatic rings. The van der Waals surface area contributed by atoms with Crippen molar-refractivity contribution in [3.8, 4) is 0 Å². The molecule has 6 atom stereocenters. The fourth-order valence-corrected chi connectivity index (χ4v) is 7.91. The molecule has 3 aliphatic heterocycles. The van der Waals surface area contributed by atoms with Gasteiger partial charge < -0.3 is 20.6 Å². The molecule has 32 heavy (non-hydrogen) atoms. The number of carbonyl (C=O) groups is 3. The number of aromatic nitrogens is 3. The van der Waals surface area contributed by atoms with E-state index in [1.807, 2.05) is 24.3 Å². The van der Waals surface area contributed by atoms with Gasteiger partial charge in [0.1, 0.15) is 18.2 Å². The predicted octanol–water partition coefficient (Wildman–Crippen LogP) is -0.277. The number of carbonyl (C=O) groups excluding carboxylic acids is 3. The number of aliphatic hydroxyl groups is 1. The first kappa shape index (κ1) is 21.2. The van der Waals surface area contributed by atoms with Crippen LogP contribution in [0.1, 0.15) is 19.8 Å². The van der Waals surface area contributed by atoms with Crippen molar-refractivity contribution in [3.63, 3.8) is 0 Å². The average Bonchev–Trinajstić information content (AvgIpc) is 3.55. The molecule has 11 heteroatoms. The van der Waals surface area contributed by atoms with Crippen molar-refractivity contribution in [2.45, 2.75) is 48.5 Å². The molecule has 3 N–H and O–H groups in total. The second kappa shape index (κ2) is 7.73. The molecule has 3 aliphatic rings. The lowest BCUT2D eigenvalue weighted by molar-refractivity contribution is -0.142. The van der Waals surface area contributed by atoms with E-state index in [0.29, 0.717) is 6.42 Å². The number of fused-ring (bicyclic) bond motifs is 2. The lowest BCUT2D eigenvalue weighted by atomic mass is 9.71. The summed E-state index contributed by atoms with van der Waals surface area (Å²) in [5, 5.41) is 23.7. The summed E-state index contributed by atoms with van der Waals surface area (Å²) in [7, 11) is 1.58. The van der Waals surface area contributed by atoms with Crippen LogP contribution in [0, 0.1) is 11.8 Å². The van der Waals surface area contributed by atoms with E-state index in [9.17, 15) is 19.5 Å². The third-order valence-electron chi connectivity index (χ3n) is 7.10. The Morgan fingerprint density at radius 2 is 2.12 bits per heavy atom. The van der Waals surface area contributed by atoms with E-state index in [0.717, 1.165) is 17.5 Å². The molecule has 1 spiro atoms. The minimum absolute atomic E-state index is 0.0186. The number of amides is 3. The first-order chi connectivity index (χ1) is 15.4. The molecule has 0 saturated carbocycles. The van der Waals surface area contributed by atoms with Gasteiger partial charge in [0.25, 0.3) is 0 Å². The second-order valence-corrected chi connectivity index (χ2v) is 10.3. The van der Waals surface area contributed by atoms with Gasteiger partial charge in [-0.15, -0.1) is 16.9 Å². The highest BCUT2D eigenvalue weighted by Gasteiger charge is 2.73. The fraction of sp³-hybridized carbons (Fsp3) is 0.571. The van der Waals surface area contributed by atoms with Gasteiger partial charge in [-0.1, -0.05) is 17.3 Å². The molecule has 1 aromatic heterocycles. The van der Waals surface area contributed by atoms with Gasteiger partial charge in [0.05, 0.1) is 34.7 Å². The summed E-state index contributed by atoms with van der Waals surface area (Å²) in [5.74, 6) is -1.71. The molecule has 0 aliphatic carbocycles. The van der Waals surface area contributed by atoms with Gasteiger partial charge in [0.2, 0.25) is 17.7 Å². The summed E-state index contributed by atoms with van der Waals surface area (Å²) in [4.78, 5) is 41.3. The molecular formula is C21H26N6O4S. The molecule has 0 radical (unpaired) electrons. The predicted molar refractivity (Wildman–Crippen MR) is 117 cm³/mol. The van der Waals surface area contributed by atoms with Crippen LogP contribution < -0.4 is 10.6 Å². The van der Waals surface area contributed by atoms with Gasteiger partial charge in [0.15, 0.2) is 0 Å². The topological polar surface area (TPSA) is 129 Å². The number of hydrogen-bond donors (Lipinski definition) is 3.